The van der Waals surface area contributed by atoms with E-state index in [1.165, 1.54) is 33.4 Å². The first kappa shape index (κ1) is 51.1. The molecule has 0 fully saturated rings. The fraction of sp³-hybridized carbons (Fsp3) is 0.357. The summed E-state index contributed by atoms with van der Waals surface area (Å²) in [4.78, 5) is 0. The molecule has 0 aromatic heterocycles. The van der Waals surface area contributed by atoms with Crippen LogP contribution in [0, 0.1) is 0 Å². The minimum absolute atomic E-state index is 0. The van der Waals surface area contributed by atoms with Crippen molar-refractivity contribution in [3.63, 3.8) is 0 Å². The molecule has 8 rings (SSSR count). The van der Waals surface area contributed by atoms with Crippen LogP contribution in [0.5, 0.6) is 0 Å². The van der Waals surface area contributed by atoms with Gasteiger partial charge in [-0.05, 0) is 0 Å². The summed E-state index contributed by atoms with van der Waals surface area (Å²) in [5, 5.41) is 0. The van der Waals surface area contributed by atoms with Crippen molar-refractivity contribution in [2.45, 2.75) is 121 Å². The number of fused-ring (bicyclic) bond motifs is 2. The average molecular weight is 1050 g/mol. The second-order valence-corrected chi connectivity index (χ2v) is 61.1. The Morgan fingerprint density at radius 2 is 0.774 bits per heavy atom. The van der Waals surface area contributed by atoms with Crippen LogP contribution in [0.1, 0.15) is 122 Å². The fourth-order valence-electron chi connectivity index (χ4n) is 11.7. The summed E-state index contributed by atoms with van der Waals surface area (Å²) in [7, 11) is 0. The Bertz CT molecular complexity index is 2270. The number of hydrogen-bond acceptors (Lipinski definition) is 0. The van der Waals surface area contributed by atoms with Crippen molar-refractivity contribution < 1.29 is 66.6 Å². The van der Waals surface area contributed by atoms with Crippen LogP contribution < -0.4 is 24.8 Å². The van der Waals surface area contributed by atoms with Gasteiger partial charge in [0, 0.05) is 0 Å². The second-order valence-electron chi connectivity index (χ2n) is 19.4. The van der Waals surface area contributed by atoms with Crippen molar-refractivity contribution in [2.75, 3.05) is 0 Å². The molecule has 0 spiro atoms. The third-order valence-electron chi connectivity index (χ3n) is 15.4. The molecule has 4 aromatic carbocycles. The summed E-state index contributed by atoms with van der Waals surface area (Å²) in [6, 6.07) is 40.8. The maximum Gasteiger partial charge on any atom is -1.00 e. The van der Waals surface area contributed by atoms with Gasteiger partial charge in [-0.1, -0.05) is 0 Å². The summed E-state index contributed by atoms with van der Waals surface area (Å²) in [6.45, 7) is 34.7. The Labute approximate surface area is 406 Å². The second kappa shape index (κ2) is 20.7. The first-order chi connectivity index (χ1) is 28.5. The van der Waals surface area contributed by atoms with Gasteiger partial charge in [-0.3, -0.25) is 0 Å². The van der Waals surface area contributed by atoms with Gasteiger partial charge in [0.05, 0.1) is 0 Å². The Morgan fingerprint density at radius 3 is 1.06 bits per heavy atom. The van der Waals surface area contributed by atoms with E-state index < -0.39 is 53.7 Å². The normalized spacial score (nSPS) is 23.3. The smallest absolute Gasteiger partial charge is 1.00 e. The van der Waals surface area contributed by atoms with E-state index in [9.17, 15) is 0 Å². The van der Waals surface area contributed by atoms with Crippen LogP contribution in [-0.4, -0.2) is 11.8 Å². The zero-order valence-electron chi connectivity index (χ0n) is 39.9. The molecular formula is C56H70Cl2Si2Zr2. The van der Waals surface area contributed by atoms with Crippen LogP contribution in [0.3, 0.4) is 0 Å². The predicted molar refractivity (Wildman–Crippen MR) is 263 cm³/mol. The Kier molecular flexibility index (Phi) is 17.1. The molecule has 0 nitrogen and oxygen atoms in total. The van der Waals surface area contributed by atoms with Gasteiger partial charge in [-0.15, -0.1) is 0 Å². The van der Waals surface area contributed by atoms with E-state index in [0.29, 0.717) is 25.3 Å². The molecule has 0 saturated carbocycles. The van der Waals surface area contributed by atoms with E-state index in [2.05, 4.69) is 229 Å². The van der Waals surface area contributed by atoms with Crippen molar-refractivity contribution >= 4 is 23.0 Å². The third-order valence-corrected chi connectivity index (χ3v) is 61.7. The van der Waals surface area contributed by atoms with Crippen molar-refractivity contribution in [2.24, 2.45) is 0 Å². The Balaban J connectivity index is 0.000000227. The first-order valence-electron chi connectivity index (χ1n) is 22.7. The molecule has 6 heteroatoms. The van der Waals surface area contributed by atoms with Gasteiger partial charge in [0.15, 0.2) is 0 Å². The van der Waals surface area contributed by atoms with E-state index in [1.807, 2.05) is 0 Å². The SMILES string of the molecule is CC1=C[C](C)([Zr+]([CH]2C=C(C(C)c3ccccc3)c3ccccc32)[SiH](C)C)C(C)=C1C.CC1=C[C](C)([Zr+]([CH]2C=C(C(C)c3ccccc3)c3ccccc32)[SiH](C)C)C(C)=C1C.[Cl-].[Cl-]. The van der Waals surface area contributed by atoms with Crippen molar-refractivity contribution in [3.8, 4) is 0 Å². The van der Waals surface area contributed by atoms with Crippen LogP contribution in [0.15, 0.2) is 167 Å². The largest absolute Gasteiger partial charge is 1.00 e. The summed E-state index contributed by atoms with van der Waals surface area (Å²) < 4.78 is 2.12. The minimum Gasteiger partial charge on any atom is -1.00 e. The van der Waals surface area contributed by atoms with Crippen molar-refractivity contribution in [1.29, 1.82) is 0 Å². The molecule has 0 amide bonds. The molecule has 0 saturated heterocycles. The van der Waals surface area contributed by atoms with Crippen LogP contribution in [-0.2, 0) is 41.8 Å². The molecule has 0 aliphatic heterocycles. The zero-order chi connectivity index (χ0) is 43.3. The van der Waals surface area contributed by atoms with Crippen LogP contribution in [0.25, 0.3) is 11.1 Å². The zero-order valence-corrected chi connectivity index (χ0v) is 48.7. The molecule has 0 N–H and O–H groups in total. The van der Waals surface area contributed by atoms with Gasteiger partial charge in [0.2, 0.25) is 0 Å². The van der Waals surface area contributed by atoms with Gasteiger partial charge in [-0.25, -0.2) is 0 Å². The standard InChI is InChI=1S/2C17H15.2C9H13.2C2H7Si.2ClH.2Zr/c2*1-13(14-7-3-2-4-8-14)16-12-11-15-9-5-6-10-17(15)16;2*1-6-5-7(2)9(4)8(6)3;2*1-3-2;;;;/h2*2-13H,1H3;2*5H,1-4H3;2*3H,1-2H3;2*1H;;/q;;;;;;;;2*+1/p-2. The molecule has 0 heterocycles. The van der Waals surface area contributed by atoms with E-state index in [1.54, 1.807) is 44.6 Å². The number of hydrogen-bond donors (Lipinski definition) is 0. The average Bonchev–Trinajstić information content (AvgIpc) is 3.92. The number of allylic oxidation sites excluding steroid dienone is 12. The molecule has 324 valence electrons. The molecule has 6 atom stereocenters. The summed E-state index contributed by atoms with van der Waals surface area (Å²) in [5.41, 5.74) is 21.8. The number of halogens is 2. The monoisotopic (exact) mass is 1050 g/mol. The van der Waals surface area contributed by atoms with Crippen LogP contribution >= 0.6 is 0 Å². The van der Waals surface area contributed by atoms with Gasteiger partial charge in [0.25, 0.3) is 0 Å². The number of rotatable bonds is 10. The van der Waals surface area contributed by atoms with E-state index in [4.69, 9.17) is 0 Å². The maximum absolute atomic E-state index is 2.74. The summed E-state index contributed by atoms with van der Waals surface area (Å²) in [5.74, 6) is -0.646. The van der Waals surface area contributed by atoms with Crippen LogP contribution in [0.4, 0.5) is 0 Å². The molecule has 4 aromatic rings. The van der Waals surface area contributed by atoms with Gasteiger partial charge < -0.3 is 24.8 Å². The molecule has 6 unspecified atom stereocenters. The molecule has 62 heavy (non-hydrogen) atoms. The molecule has 0 radical (unpaired) electrons. The molecule has 4 aliphatic rings. The van der Waals surface area contributed by atoms with Crippen LogP contribution in [0.2, 0.25) is 32.4 Å². The molecular weight excluding hydrogens is 982 g/mol. The summed E-state index contributed by atoms with van der Waals surface area (Å²) in [6.07, 6.45) is 10.8. The Hall–Kier alpha value is -1.90. The van der Waals surface area contributed by atoms with Gasteiger partial charge >= 0.3 is 386 Å². The number of benzene rings is 4. The van der Waals surface area contributed by atoms with Gasteiger partial charge in [0.1, 0.15) is 0 Å². The summed E-state index contributed by atoms with van der Waals surface area (Å²) >= 11 is -3.80. The first-order valence-corrected chi connectivity index (χ1v) is 42.3. The minimum atomic E-state index is -1.90. The van der Waals surface area contributed by atoms with Crippen molar-refractivity contribution in [3.05, 3.63) is 200 Å². The topological polar surface area (TPSA) is 0 Å². The quantitative estimate of drug-likeness (QED) is 0.139. The van der Waals surface area contributed by atoms with Crippen molar-refractivity contribution in [1.82, 2.24) is 0 Å². The third kappa shape index (κ3) is 9.38. The van der Waals surface area contributed by atoms with E-state index in [0.717, 1.165) is 0 Å². The predicted octanol–water partition coefficient (Wildman–Crippen LogP) is 10.0. The molecule has 0 bridgehead atoms. The fourth-order valence-corrected chi connectivity index (χ4v) is 63.4. The van der Waals surface area contributed by atoms with E-state index >= 15 is 0 Å². The Morgan fingerprint density at radius 1 is 0.468 bits per heavy atom. The molecule has 4 aliphatic carbocycles. The maximum atomic E-state index is 2.74. The van der Waals surface area contributed by atoms with E-state index in [-0.39, 0.29) is 24.8 Å². The van der Waals surface area contributed by atoms with Gasteiger partial charge in [-0.2, -0.15) is 0 Å².